The van der Waals surface area contributed by atoms with Gasteiger partial charge in [0.1, 0.15) is 17.9 Å². The van der Waals surface area contributed by atoms with Crippen molar-refractivity contribution in [3.05, 3.63) is 29.6 Å². The number of amides is 1. The van der Waals surface area contributed by atoms with Gasteiger partial charge >= 0.3 is 12.1 Å². The largest absolute Gasteiger partial charge is 0.467 e. The van der Waals surface area contributed by atoms with Gasteiger partial charge < -0.3 is 20.1 Å². The molecule has 0 saturated carbocycles. The van der Waals surface area contributed by atoms with Gasteiger partial charge in [-0.15, -0.1) is 0 Å². The second-order valence-electron chi connectivity index (χ2n) is 8.09. The first-order valence-corrected chi connectivity index (χ1v) is 8.94. The molecule has 0 aromatic heterocycles. The number of hydrogen-bond donors (Lipinski definition) is 2. The van der Waals surface area contributed by atoms with Gasteiger partial charge in [0.2, 0.25) is 5.91 Å². The average Bonchev–Trinajstić information content (AvgIpc) is 2.98. The van der Waals surface area contributed by atoms with E-state index in [1.54, 1.807) is 20.8 Å². The Labute approximate surface area is 165 Å². The van der Waals surface area contributed by atoms with E-state index in [2.05, 4.69) is 10.1 Å². The van der Waals surface area contributed by atoms with Crippen molar-refractivity contribution in [3.63, 3.8) is 0 Å². The maximum Gasteiger partial charge on any atom is 0.416 e. The molecule has 2 rings (SSSR count). The highest BCUT2D eigenvalue weighted by Crippen LogP contribution is 2.34. The van der Waals surface area contributed by atoms with Gasteiger partial charge in [0.15, 0.2) is 0 Å². The standard InChI is InChI=1S/C19H24F4N2O4/c1-18(2,3)15(16(27)25-9-13(26)8-14(25)17(28)29-4)24-12-6-10(19(21,22)23)5-11(20)7-12/h5-7,13-15,24,26H,8-9H2,1-4H3/t13-,14+,15-/m1/s1. The van der Waals surface area contributed by atoms with E-state index < -0.39 is 53.0 Å². The van der Waals surface area contributed by atoms with Crippen molar-refractivity contribution in [2.24, 2.45) is 5.41 Å². The van der Waals surface area contributed by atoms with Gasteiger partial charge in [0.05, 0.1) is 18.8 Å². The van der Waals surface area contributed by atoms with Crippen LogP contribution < -0.4 is 5.32 Å². The molecule has 1 saturated heterocycles. The summed E-state index contributed by atoms with van der Waals surface area (Å²) in [6.45, 7) is 4.90. The number of rotatable bonds is 4. The zero-order valence-corrected chi connectivity index (χ0v) is 16.5. The fourth-order valence-corrected chi connectivity index (χ4v) is 3.23. The number of likely N-dealkylation sites (tertiary alicyclic amines) is 1. The third kappa shape index (κ3) is 5.37. The van der Waals surface area contributed by atoms with Crippen molar-refractivity contribution in [1.82, 2.24) is 4.90 Å². The minimum absolute atomic E-state index is 0.00648. The molecule has 0 unspecified atom stereocenters. The quantitative estimate of drug-likeness (QED) is 0.579. The molecule has 29 heavy (non-hydrogen) atoms. The average molecular weight is 420 g/mol. The number of halogens is 4. The molecule has 10 heteroatoms. The van der Waals surface area contributed by atoms with Gasteiger partial charge in [-0.3, -0.25) is 4.79 Å². The molecule has 1 heterocycles. The van der Waals surface area contributed by atoms with E-state index in [1.807, 2.05) is 0 Å². The molecule has 162 valence electrons. The van der Waals surface area contributed by atoms with Crippen LogP contribution in [0.5, 0.6) is 0 Å². The Balaban J connectivity index is 2.37. The highest BCUT2D eigenvalue weighted by molar-refractivity contribution is 5.90. The third-order valence-electron chi connectivity index (χ3n) is 4.68. The smallest absolute Gasteiger partial charge is 0.416 e. The van der Waals surface area contributed by atoms with Crippen molar-refractivity contribution in [2.45, 2.75) is 51.6 Å². The fourth-order valence-electron chi connectivity index (χ4n) is 3.23. The van der Waals surface area contributed by atoms with Gasteiger partial charge in [0, 0.05) is 18.7 Å². The van der Waals surface area contributed by atoms with E-state index >= 15 is 0 Å². The number of nitrogens with zero attached hydrogens (tertiary/aromatic N) is 1. The highest BCUT2D eigenvalue weighted by Gasteiger charge is 2.44. The number of β-amino-alcohol motifs (C(OH)–C–C–N with tert-alkyl or cyclic N) is 1. The highest BCUT2D eigenvalue weighted by atomic mass is 19.4. The van der Waals surface area contributed by atoms with Crippen LogP contribution in [0.2, 0.25) is 0 Å². The molecule has 1 aliphatic heterocycles. The second kappa shape index (κ2) is 8.17. The molecule has 6 nitrogen and oxygen atoms in total. The molecule has 0 spiro atoms. The summed E-state index contributed by atoms with van der Waals surface area (Å²) in [5.74, 6) is -2.42. The van der Waals surface area contributed by atoms with E-state index in [0.717, 1.165) is 18.1 Å². The molecule has 1 aromatic rings. The lowest BCUT2D eigenvalue weighted by molar-refractivity contribution is -0.151. The minimum atomic E-state index is -4.76. The summed E-state index contributed by atoms with van der Waals surface area (Å²) in [5.41, 5.74) is -2.22. The molecule has 1 aromatic carbocycles. The van der Waals surface area contributed by atoms with Crippen molar-refractivity contribution in [2.75, 3.05) is 19.0 Å². The lowest BCUT2D eigenvalue weighted by atomic mass is 9.85. The summed E-state index contributed by atoms with van der Waals surface area (Å²) in [4.78, 5) is 26.3. The number of ether oxygens (including phenoxy) is 1. The summed E-state index contributed by atoms with van der Waals surface area (Å²) < 4.78 is 57.4. The van der Waals surface area contributed by atoms with Gasteiger partial charge in [0.25, 0.3) is 0 Å². The lowest BCUT2D eigenvalue weighted by Gasteiger charge is -2.35. The maximum absolute atomic E-state index is 13.7. The third-order valence-corrected chi connectivity index (χ3v) is 4.68. The topological polar surface area (TPSA) is 78.9 Å². The van der Waals surface area contributed by atoms with Crippen LogP contribution in [0.15, 0.2) is 18.2 Å². The zero-order chi connectivity index (χ0) is 22.1. The molecule has 3 atom stereocenters. The summed E-state index contributed by atoms with van der Waals surface area (Å²) in [7, 11) is 1.15. The van der Waals surface area contributed by atoms with Crippen molar-refractivity contribution in [3.8, 4) is 0 Å². The summed E-state index contributed by atoms with van der Waals surface area (Å²) in [5, 5.41) is 12.6. The first-order valence-electron chi connectivity index (χ1n) is 8.94. The van der Waals surface area contributed by atoms with Gasteiger partial charge in [-0.05, 0) is 23.6 Å². The Hall–Kier alpha value is -2.36. The SMILES string of the molecule is COC(=O)[C@@H]1C[C@@H](O)CN1C(=O)[C@@H](Nc1cc(F)cc(C(F)(F)F)c1)C(C)(C)C. The number of carbonyl (C=O) groups excluding carboxylic acids is 2. The molecule has 0 aliphatic carbocycles. The predicted octanol–water partition coefficient (Wildman–Crippen LogP) is 2.81. The van der Waals surface area contributed by atoms with Crippen LogP contribution in [0.4, 0.5) is 23.2 Å². The van der Waals surface area contributed by atoms with E-state index in [-0.39, 0.29) is 18.7 Å². The lowest BCUT2D eigenvalue weighted by Crippen LogP contribution is -2.52. The number of benzene rings is 1. The van der Waals surface area contributed by atoms with Gasteiger partial charge in [-0.2, -0.15) is 13.2 Å². The monoisotopic (exact) mass is 420 g/mol. The molecular weight excluding hydrogens is 396 g/mol. The van der Waals surface area contributed by atoms with E-state index in [0.29, 0.717) is 12.1 Å². The number of esters is 1. The fraction of sp³-hybridized carbons (Fsp3) is 0.579. The Kier molecular flexibility index (Phi) is 6.46. The molecule has 0 radical (unpaired) electrons. The van der Waals surface area contributed by atoms with Crippen LogP contribution in [0.3, 0.4) is 0 Å². The second-order valence-corrected chi connectivity index (χ2v) is 8.09. The molecule has 1 fully saturated rings. The van der Waals surface area contributed by atoms with E-state index in [4.69, 9.17) is 0 Å². The normalized spacial score (nSPS) is 21.1. The van der Waals surface area contributed by atoms with Crippen LogP contribution in [0.25, 0.3) is 0 Å². The van der Waals surface area contributed by atoms with Crippen LogP contribution in [0.1, 0.15) is 32.8 Å². The Morgan fingerprint density at radius 2 is 1.86 bits per heavy atom. The van der Waals surface area contributed by atoms with Gasteiger partial charge in [-0.1, -0.05) is 20.8 Å². The number of alkyl halides is 3. The van der Waals surface area contributed by atoms with E-state index in [1.165, 1.54) is 0 Å². The number of anilines is 1. The summed E-state index contributed by atoms with van der Waals surface area (Å²) in [6, 6.07) is -0.164. The maximum atomic E-state index is 13.7. The number of methoxy groups -OCH3 is 1. The molecular formula is C19H24F4N2O4. The number of aliphatic hydroxyl groups is 1. The zero-order valence-electron chi connectivity index (χ0n) is 16.5. The molecule has 0 bridgehead atoms. The number of hydrogen-bond acceptors (Lipinski definition) is 5. The number of nitrogens with one attached hydrogen (secondary N) is 1. The van der Waals surface area contributed by atoms with Crippen LogP contribution in [-0.4, -0.2) is 53.7 Å². The van der Waals surface area contributed by atoms with Crippen molar-refractivity contribution < 1.29 is 37.0 Å². The molecule has 1 aliphatic rings. The Morgan fingerprint density at radius 1 is 1.24 bits per heavy atom. The number of carbonyl (C=O) groups is 2. The van der Waals surface area contributed by atoms with Crippen molar-refractivity contribution >= 4 is 17.6 Å². The van der Waals surface area contributed by atoms with Crippen LogP contribution >= 0.6 is 0 Å². The molecule has 1 amide bonds. The van der Waals surface area contributed by atoms with Crippen molar-refractivity contribution in [1.29, 1.82) is 0 Å². The van der Waals surface area contributed by atoms with E-state index in [9.17, 15) is 32.3 Å². The van der Waals surface area contributed by atoms with Crippen LogP contribution in [-0.2, 0) is 20.5 Å². The molecule has 2 N–H and O–H groups in total. The summed E-state index contributed by atoms with van der Waals surface area (Å²) in [6.07, 6.45) is -5.70. The summed E-state index contributed by atoms with van der Waals surface area (Å²) >= 11 is 0. The minimum Gasteiger partial charge on any atom is -0.467 e. The van der Waals surface area contributed by atoms with Gasteiger partial charge in [-0.25, -0.2) is 9.18 Å². The first kappa shape index (κ1) is 22.9. The Morgan fingerprint density at radius 3 is 2.38 bits per heavy atom. The predicted molar refractivity (Wildman–Crippen MR) is 96.4 cm³/mol. The van der Waals surface area contributed by atoms with Crippen LogP contribution in [0, 0.1) is 11.2 Å². The Bertz CT molecular complexity index is 776. The number of aliphatic hydroxyl groups excluding tert-OH is 1. The first-order chi connectivity index (χ1) is 13.2.